The summed E-state index contributed by atoms with van der Waals surface area (Å²) in [5, 5.41) is 16.7. The summed E-state index contributed by atoms with van der Waals surface area (Å²) in [5.41, 5.74) is 1.07. The molecule has 60 heavy (non-hydrogen) atoms. The van der Waals surface area contributed by atoms with Crippen LogP contribution in [-0.4, -0.2) is 118 Å². The molecule has 1 atom stereocenters. The number of nitrogens with zero attached hydrogens (tertiary/aromatic N) is 8. The molecule has 0 bridgehead atoms. The number of rotatable bonds is 9. The van der Waals surface area contributed by atoms with Crippen molar-refractivity contribution in [2.24, 2.45) is 11.3 Å². The summed E-state index contributed by atoms with van der Waals surface area (Å²) < 4.78 is 21.5. The van der Waals surface area contributed by atoms with Gasteiger partial charge in [-0.1, -0.05) is 22.6 Å². The number of imide groups is 2. The summed E-state index contributed by atoms with van der Waals surface area (Å²) in [6, 6.07) is 6.58. The number of ether oxygens (including phenoxy) is 1. The zero-order chi connectivity index (χ0) is 41.7. The van der Waals surface area contributed by atoms with Gasteiger partial charge < -0.3 is 19.9 Å². The minimum Gasteiger partial charge on any atom is -0.490 e. The normalized spacial score (nSPS) is 24.6. The molecule has 0 radical (unpaired) electrons. The molecule has 4 saturated heterocycles. The van der Waals surface area contributed by atoms with E-state index < -0.39 is 35.5 Å². The third-order valence-corrected chi connectivity index (χ3v) is 13.5. The Morgan fingerprint density at radius 3 is 2.37 bits per heavy atom. The fraction of sp³-hybridized carbons (Fsp3) is 0.524. The van der Waals surface area contributed by atoms with Gasteiger partial charge in [-0.25, -0.2) is 9.24 Å². The molecule has 5 fully saturated rings. The van der Waals surface area contributed by atoms with Crippen LogP contribution in [0, 0.1) is 23.7 Å². The highest BCUT2D eigenvalue weighted by molar-refractivity contribution is 6.33. The number of benzene rings is 2. The summed E-state index contributed by atoms with van der Waals surface area (Å²) in [6.45, 7) is 13.0. The summed E-state index contributed by atoms with van der Waals surface area (Å²) in [5.74, 6) is -2.13. The van der Waals surface area contributed by atoms with Crippen LogP contribution in [0.15, 0.2) is 36.5 Å². The average molecular weight is 841 g/mol. The SMILES string of the molecule is [C-]#[N+]c1ccc(OC2CCC(NC(=O)c3cnn(N4CCC(CN5CCC6(CC5)CN(c5cc7c(cc5F)C(=O)N(C5CCC(=O)NC5=O)C7=O)C6)CC4)n3)CC2)cc1Cl. The Morgan fingerprint density at radius 1 is 0.967 bits per heavy atom. The van der Waals surface area contributed by atoms with Crippen LogP contribution < -0.4 is 25.3 Å². The topological polar surface area (TPSA) is 167 Å². The summed E-state index contributed by atoms with van der Waals surface area (Å²) in [7, 11) is 0. The zero-order valence-electron chi connectivity index (χ0n) is 33.1. The molecule has 1 saturated carbocycles. The van der Waals surface area contributed by atoms with Gasteiger partial charge in [0.1, 0.15) is 17.6 Å². The van der Waals surface area contributed by atoms with Gasteiger partial charge in [0.2, 0.25) is 17.5 Å². The maximum atomic E-state index is 15.4. The third-order valence-electron chi connectivity index (χ3n) is 13.2. The predicted molar refractivity (Wildman–Crippen MR) is 216 cm³/mol. The Balaban J connectivity index is 0.696. The molecule has 9 rings (SSSR count). The third kappa shape index (κ3) is 7.78. The van der Waals surface area contributed by atoms with E-state index in [9.17, 15) is 24.0 Å². The Kier molecular flexibility index (Phi) is 10.7. The Labute approximate surface area is 351 Å². The number of hydrogen-bond acceptors (Lipinski definition) is 11. The quantitative estimate of drug-likeness (QED) is 0.236. The van der Waals surface area contributed by atoms with E-state index in [0.717, 1.165) is 95.1 Å². The number of carbonyl (C=O) groups excluding carboxylic acids is 5. The van der Waals surface area contributed by atoms with Crippen LogP contribution in [-0.2, 0) is 9.59 Å². The highest BCUT2D eigenvalue weighted by Crippen LogP contribution is 2.45. The Morgan fingerprint density at radius 2 is 1.68 bits per heavy atom. The molecule has 16 nitrogen and oxygen atoms in total. The number of aromatic nitrogens is 3. The molecular weight excluding hydrogens is 795 g/mol. The molecule has 5 aliphatic heterocycles. The second kappa shape index (κ2) is 16.1. The first-order valence-corrected chi connectivity index (χ1v) is 21.2. The second-order valence-electron chi connectivity index (χ2n) is 17.1. The van der Waals surface area contributed by atoms with Crippen molar-refractivity contribution in [3.05, 3.63) is 75.6 Å². The van der Waals surface area contributed by atoms with Gasteiger partial charge >= 0.3 is 0 Å². The molecule has 1 aliphatic carbocycles. The zero-order valence-corrected chi connectivity index (χ0v) is 33.8. The Bertz CT molecular complexity index is 2270. The van der Waals surface area contributed by atoms with Gasteiger partial charge in [-0.15, -0.1) is 10.2 Å². The number of amides is 5. The summed E-state index contributed by atoms with van der Waals surface area (Å²) >= 11 is 6.16. The van der Waals surface area contributed by atoms with Gasteiger partial charge in [-0.3, -0.25) is 39.2 Å². The lowest BCUT2D eigenvalue weighted by Gasteiger charge is -2.55. The van der Waals surface area contributed by atoms with Crippen molar-refractivity contribution in [3.8, 4) is 5.75 Å². The molecule has 6 heterocycles. The molecular formula is C42H46ClFN10O6. The largest absolute Gasteiger partial charge is 0.490 e. The van der Waals surface area contributed by atoms with Crippen molar-refractivity contribution in [3.63, 3.8) is 0 Å². The molecule has 2 N–H and O–H groups in total. The summed E-state index contributed by atoms with van der Waals surface area (Å²) in [4.78, 5) is 73.8. The average Bonchev–Trinajstić information content (AvgIpc) is 3.81. The maximum absolute atomic E-state index is 15.4. The van der Waals surface area contributed by atoms with E-state index in [4.69, 9.17) is 22.9 Å². The highest BCUT2D eigenvalue weighted by Gasteiger charge is 2.48. The Hall–Kier alpha value is -5.60. The van der Waals surface area contributed by atoms with Crippen molar-refractivity contribution < 1.29 is 33.1 Å². The fourth-order valence-corrected chi connectivity index (χ4v) is 9.96. The van der Waals surface area contributed by atoms with Gasteiger partial charge in [0.25, 0.3) is 17.7 Å². The number of fused-ring (bicyclic) bond motifs is 1. The number of carbonyl (C=O) groups is 5. The summed E-state index contributed by atoms with van der Waals surface area (Å²) in [6.07, 6.45) is 8.68. The van der Waals surface area contributed by atoms with E-state index in [-0.39, 0.29) is 53.1 Å². The number of piperidine rings is 3. The number of hydrogen-bond donors (Lipinski definition) is 2. The first kappa shape index (κ1) is 39.8. The van der Waals surface area contributed by atoms with Crippen molar-refractivity contribution in [2.45, 2.75) is 82.4 Å². The van der Waals surface area contributed by atoms with Gasteiger partial charge in [0.15, 0.2) is 5.69 Å². The molecule has 3 aromatic rings. The van der Waals surface area contributed by atoms with Crippen molar-refractivity contribution in [2.75, 3.05) is 55.7 Å². The maximum Gasteiger partial charge on any atom is 0.273 e. The fourth-order valence-electron chi connectivity index (χ4n) is 9.75. The van der Waals surface area contributed by atoms with Gasteiger partial charge in [0.05, 0.1) is 40.7 Å². The van der Waals surface area contributed by atoms with Crippen LogP contribution in [0.4, 0.5) is 15.8 Å². The van der Waals surface area contributed by atoms with Crippen molar-refractivity contribution >= 4 is 52.5 Å². The molecule has 6 aliphatic rings. The van der Waals surface area contributed by atoms with Crippen LogP contribution in [0.1, 0.15) is 95.4 Å². The van der Waals surface area contributed by atoms with Crippen LogP contribution in [0.2, 0.25) is 5.02 Å². The van der Waals surface area contributed by atoms with E-state index >= 15 is 4.39 Å². The van der Waals surface area contributed by atoms with Crippen molar-refractivity contribution in [1.29, 1.82) is 0 Å². The molecule has 1 unspecified atom stereocenters. The smallest absolute Gasteiger partial charge is 0.273 e. The van der Waals surface area contributed by atoms with Crippen molar-refractivity contribution in [1.82, 2.24) is 35.5 Å². The molecule has 18 heteroatoms. The van der Waals surface area contributed by atoms with E-state index in [0.29, 0.717) is 41.2 Å². The van der Waals surface area contributed by atoms with E-state index in [1.165, 1.54) is 12.3 Å². The first-order valence-electron chi connectivity index (χ1n) is 20.8. The van der Waals surface area contributed by atoms with E-state index in [2.05, 4.69) is 35.6 Å². The molecule has 5 amide bonds. The lowest BCUT2D eigenvalue weighted by Crippen LogP contribution is -2.61. The molecule has 1 spiro atoms. The van der Waals surface area contributed by atoms with E-state index in [1.54, 1.807) is 23.1 Å². The van der Waals surface area contributed by atoms with Crippen LogP contribution in [0.3, 0.4) is 0 Å². The first-order chi connectivity index (χ1) is 29.0. The van der Waals surface area contributed by atoms with Crippen LogP contribution in [0.5, 0.6) is 5.75 Å². The minimum atomic E-state index is -1.09. The van der Waals surface area contributed by atoms with Gasteiger partial charge in [-0.05, 0) is 101 Å². The van der Waals surface area contributed by atoms with Gasteiger partial charge in [0, 0.05) is 50.6 Å². The highest BCUT2D eigenvalue weighted by atomic mass is 35.5. The molecule has 1 aromatic heterocycles. The number of halogens is 2. The lowest BCUT2D eigenvalue weighted by molar-refractivity contribution is -0.136. The monoisotopic (exact) mass is 840 g/mol. The molecule has 314 valence electrons. The predicted octanol–water partition coefficient (Wildman–Crippen LogP) is 4.09. The minimum absolute atomic E-state index is 0.0154. The molecule has 2 aromatic carbocycles. The van der Waals surface area contributed by atoms with Gasteiger partial charge in [-0.2, -0.15) is 0 Å². The standard InChI is InChI=1S/C42H46ClFN10O6/c1-45-33-7-6-28(18-31(33)43)60-27-4-2-26(3-5-27)47-38(56)34-21-46-54(49-34)52-14-10-25(11-15-52)22-50-16-12-42(13-17-50)23-51(24-42)36-20-30-29(19-32(36)44)40(58)53(41(30)59)35-8-9-37(55)48-39(35)57/h6-7,18-21,25-27,35H,2-5,8-17,22-24H2,(H,47,56)(H,48,55,57). The van der Waals surface area contributed by atoms with E-state index in [1.807, 2.05) is 4.90 Å². The number of likely N-dealkylation sites (tertiary alicyclic amines) is 1. The van der Waals surface area contributed by atoms with Crippen LogP contribution in [0.25, 0.3) is 4.85 Å². The number of nitrogens with one attached hydrogen (secondary N) is 2. The number of anilines is 1. The lowest BCUT2D eigenvalue weighted by atomic mass is 9.71. The second-order valence-corrected chi connectivity index (χ2v) is 17.5. The van der Waals surface area contributed by atoms with Crippen LogP contribution >= 0.6 is 11.6 Å².